The minimum Gasteiger partial charge on any atom is -0.0616 e. The SMILES string of the molecule is CC(C)c1ccc(Cc2ccc3ccccc3c2)c(C(C)C)c1. The summed E-state index contributed by atoms with van der Waals surface area (Å²) in [5.41, 5.74) is 5.78. The maximum Gasteiger partial charge on any atom is -0.00227 e. The summed E-state index contributed by atoms with van der Waals surface area (Å²) in [4.78, 5) is 0. The van der Waals surface area contributed by atoms with Crippen LogP contribution in [0, 0.1) is 0 Å². The summed E-state index contributed by atoms with van der Waals surface area (Å²) < 4.78 is 0. The predicted molar refractivity (Wildman–Crippen MR) is 101 cm³/mol. The predicted octanol–water partition coefficient (Wildman–Crippen LogP) is 6.68. The third-order valence-corrected chi connectivity index (χ3v) is 4.67. The topological polar surface area (TPSA) is 0 Å². The Morgan fingerprint density at radius 2 is 1.43 bits per heavy atom. The van der Waals surface area contributed by atoms with Gasteiger partial charge in [-0.3, -0.25) is 0 Å². The fraction of sp³-hybridized carbons (Fsp3) is 0.304. The minimum absolute atomic E-state index is 0.559. The second kappa shape index (κ2) is 6.58. The summed E-state index contributed by atoms with van der Waals surface area (Å²) in [5.74, 6) is 1.14. The smallest absolute Gasteiger partial charge is 0.00227 e. The molecule has 0 saturated heterocycles. The number of benzene rings is 3. The standard InChI is InChI=1S/C23H26/c1-16(2)20-11-12-22(23(15-20)17(3)4)14-18-9-10-19-7-5-6-8-21(19)13-18/h5-13,15-17H,14H2,1-4H3. The van der Waals surface area contributed by atoms with E-state index in [1.165, 1.54) is 33.0 Å². The highest BCUT2D eigenvalue weighted by molar-refractivity contribution is 5.83. The van der Waals surface area contributed by atoms with Crippen molar-refractivity contribution in [2.24, 2.45) is 0 Å². The van der Waals surface area contributed by atoms with E-state index in [0.29, 0.717) is 11.8 Å². The largest absolute Gasteiger partial charge is 0.0616 e. The minimum atomic E-state index is 0.559. The molecule has 118 valence electrons. The van der Waals surface area contributed by atoms with Crippen molar-refractivity contribution in [3.8, 4) is 0 Å². The van der Waals surface area contributed by atoms with Crippen LogP contribution in [0.25, 0.3) is 10.8 Å². The zero-order valence-electron chi connectivity index (χ0n) is 14.6. The second-order valence-corrected chi connectivity index (χ2v) is 7.13. The van der Waals surface area contributed by atoms with Crippen molar-refractivity contribution in [2.45, 2.75) is 46.0 Å². The average molecular weight is 302 g/mol. The van der Waals surface area contributed by atoms with Crippen molar-refractivity contribution in [3.05, 3.63) is 82.9 Å². The van der Waals surface area contributed by atoms with Crippen LogP contribution >= 0.6 is 0 Å². The van der Waals surface area contributed by atoms with Gasteiger partial charge in [0.1, 0.15) is 0 Å². The van der Waals surface area contributed by atoms with Crippen LogP contribution in [-0.2, 0) is 6.42 Å². The van der Waals surface area contributed by atoms with Gasteiger partial charge in [-0.2, -0.15) is 0 Å². The molecule has 0 saturated carbocycles. The highest BCUT2D eigenvalue weighted by atomic mass is 14.2. The molecule has 3 rings (SSSR count). The van der Waals surface area contributed by atoms with Crippen molar-refractivity contribution in [2.75, 3.05) is 0 Å². The van der Waals surface area contributed by atoms with Gasteiger partial charge in [-0.1, -0.05) is 88.4 Å². The molecule has 0 aromatic heterocycles. The normalized spacial score (nSPS) is 11.6. The van der Waals surface area contributed by atoms with Gasteiger partial charge in [0.2, 0.25) is 0 Å². The Kier molecular flexibility index (Phi) is 4.52. The van der Waals surface area contributed by atoms with Crippen LogP contribution < -0.4 is 0 Å². The van der Waals surface area contributed by atoms with Gasteiger partial charge in [0, 0.05) is 0 Å². The summed E-state index contributed by atoms with van der Waals surface area (Å²) in [5, 5.41) is 2.64. The number of hydrogen-bond donors (Lipinski definition) is 0. The van der Waals surface area contributed by atoms with Crippen molar-refractivity contribution < 1.29 is 0 Å². The Morgan fingerprint density at radius 3 is 2.13 bits per heavy atom. The fourth-order valence-corrected chi connectivity index (χ4v) is 3.24. The number of hydrogen-bond acceptors (Lipinski definition) is 0. The fourth-order valence-electron chi connectivity index (χ4n) is 3.24. The zero-order chi connectivity index (χ0) is 16.4. The first-order valence-corrected chi connectivity index (χ1v) is 8.65. The Balaban J connectivity index is 1.97. The number of rotatable bonds is 4. The molecule has 0 heteroatoms. The third-order valence-electron chi connectivity index (χ3n) is 4.67. The molecule has 3 aromatic rings. The maximum absolute atomic E-state index is 2.41. The average Bonchev–Trinajstić information content (AvgIpc) is 2.54. The van der Waals surface area contributed by atoms with Gasteiger partial charge in [-0.05, 0) is 51.3 Å². The molecule has 23 heavy (non-hydrogen) atoms. The van der Waals surface area contributed by atoms with Gasteiger partial charge < -0.3 is 0 Å². The van der Waals surface area contributed by atoms with Crippen LogP contribution in [0.2, 0.25) is 0 Å². The van der Waals surface area contributed by atoms with E-state index in [4.69, 9.17) is 0 Å². The van der Waals surface area contributed by atoms with E-state index < -0.39 is 0 Å². The molecule has 0 nitrogen and oxygen atoms in total. The first-order valence-electron chi connectivity index (χ1n) is 8.65. The quantitative estimate of drug-likeness (QED) is 0.504. The van der Waals surface area contributed by atoms with E-state index >= 15 is 0 Å². The molecule has 0 spiro atoms. The lowest BCUT2D eigenvalue weighted by molar-refractivity contribution is 0.821. The molecular formula is C23H26. The highest BCUT2D eigenvalue weighted by Gasteiger charge is 2.10. The summed E-state index contributed by atoms with van der Waals surface area (Å²) in [7, 11) is 0. The maximum atomic E-state index is 2.41. The van der Waals surface area contributed by atoms with E-state index in [-0.39, 0.29) is 0 Å². The summed E-state index contributed by atoms with van der Waals surface area (Å²) in [6, 6.07) is 22.5. The monoisotopic (exact) mass is 302 g/mol. The molecule has 0 aliphatic heterocycles. The van der Waals surface area contributed by atoms with Gasteiger partial charge in [0.15, 0.2) is 0 Å². The Bertz CT molecular complexity index is 809. The first-order chi connectivity index (χ1) is 11.0. The van der Waals surface area contributed by atoms with Gasteiger partial charge in [0.05, 0.1) is 0 Å². The zero-order valence-corrected chi connectivity index (χ0v) is 14.6. The molecule has 0 radical (unpaired) electrons. The molecule has 0 aliphatic rings. The molecule has 0 amide bonds. The Hall–Kier alpha value is -2.08. The highest BCUT2D eigenvalue weighted by Crippen LogP contribution is 2.27. The number of fused-ring (bicyclic) bond motifs is 1. The first kappa shape index (κ1) is 15.8. The van der Waals surface area contributed by atoms with Crippen LogP contribution in [-0.4, -0.2) is 0 Å². The van der Waals surface area contributed by atoms with Crippen LogP contribution in [0.3, 0.4) is 0 Å². The summed E-state index contributed by atoms with van der Waals surface area (Å²) >= 11 is 0. The molecule has 0 fully saturated rings. The van der Waals surface area contributed by atoms with Gasteiger partial charge in [-0.15, -0.1) is 0 Å². The van der Waals surface area contributed by atoms with E-state index in [1.807, 2.05) is 0 Å². The van der Waals surface area contributed by atoms with Crippen molar-refractivity contribution in [1.82, 2.24) is 0 Å². The summed E-state index contributed by atoms with van der Waals surface area (Å²) in [6.07, 6.45) is 1.01. The van der Waals surface area contributed by atoms with Crippen LogP contribution in [0.4, 0.5) is 0 Å². The van der Waals surface area contributed by atoms with E-state index in [9.17, 15) is 0 Å². The summed E-state index contributed by atoms with van der Waals surface area (Å²) in [6.45, 7) is 9.12. The van der Waals surface area contributed by atoms with Gasteiger partial charge in [-0.25, -0.2) is 0 Å². The molecular weight excluding hydrogens is 276 g/mol. The van der Waals surface area contributed by atoms with Crippen molar-refractivity contribution >= 4 is 10.8 Å². The van der Waals surface area contributed by atoms with Crippen LogP contribution in [0.1, 0.15) is 61.8 Å². The van der Waals surface area contributed by atoms with Crippen molar-refractivity contribution in [1.29, 1.82) is 0 Å². The second-order valence-electron chi connectivity index (χ2n) is 7.13. The Labute approximate surface area is 140 Å². The molecule has 0 N–H and O–H groups in total. The third kappa shape index (κ3) is 3.47. The molecule has 0 aliphatic carbocycles. The lowest BCUT2D eigenvalue weighted by atomic mass is 9.88. The molecule has 0 bridgehead atoms. The van der Waals surface area contributed by atoms with Crippen molar-refractivity contribution in [3.63, 3.8) is 0 Å². The van der Waals surface area contributed by atoms with Crippen LogP contribution in [0.15, 0.2) is 60.7 Å². The Morgan fingerprint density at radius 1 is 0.696 bits per heavy atom. The lowest BCUT2D eigenvalue weighted by Gasteiger charge is -2.17. The lowest BCUT2D eigenvalue weighted by Crippen LogP contribution is -2.00. The van der Waals surface area contributed by atoms with E-state index in [2.05, 4.69) is 88.4 Å². The van der Waals surface area contributed by atoms with Gasteiger partial charge in [0.25, 0.3) is 0 Å². The van der Waals surface area contributed by atoms with Crippen LogP contribution in [0.5, 0.6) is 0 Å². The van der Waals surface area contributed by atoms with E-state index in [1.54, 1.807) is 0 Å². The van der Waals surface area contributed by atoms with E-state index in [0.717, 1.165) is 6.42 Å². The molecule has 0 unspecified atom stereocenters. The molecule has 0 heterocycles. The molecule has 0 atom stereocenters. The van der Waals surface area contributed by atoms with Gasteiger partial charge >= 0.3 is 0 Å². The molecule has 3 aromatic carbocycles.